The Morgan fingerprint density at radius 3 is 2.55 bits per heavy atom. The Morgan fingerprint density at radius 1 is 1.14 bits per heavy atom. The second-order valence-electron chi connectivity index (χ2n) is 6.96. The number of para-hydroxylation sites is 2. The van der Waals surface area contributed by atoms with Crippen molar-refractivity contribution in [2.24, 2.45) is 0 Å². The van der Waals surface area contributed by atoms with Gasteiger partial charge in [0, 0.05) is 18.1 Å². The molecule has 0 fully saturated rings. The normalized spacial score (nSPS) is 11.2. The second-order valence-corrected chi connectivity index (χ2v) is 8.72. The molecule has 0 aliphatic rings. The first-order chi connectivity index (χ1) is 13.9. The highest BCUT2D eigenvalue weighted by atomic mass is 32.2. The van der Waals surface area contributed by atoms with Gasteiger partial charge in [0.2, 0.25) is 5.91 Å². The first-order valence-corrected chi connectivity index (χ1v) is 11.1. The van der Waals surface area contributed by atoms with E-state index in [0.717, 1.165) is 33.6 Å². The molecule has 0 radical (unpaired) electrons. The number of anilines is 2. The number of rotatable bonds is 5. The fourth-order valence-electron chi connectivity index (χ4n) is 3.43. The number of aromatic nitrogens is 2. The Balaban J connectivity index is 1.57. The third-order valence-electron chi connectivity index (χ3n) is 4.52. The topological polar surface area (TPSA) is 59.2 Å². The van der Waals surface area contributed by atoms with Crippen LogP contribution in [0.25, 0.3) is 11.1 Å². The lowest BCUT2D eigenvalue weighted by Gasteiger charge is -2.23. The van der Waals surface area contributed by atoms with Crippen molar-refractivity contribution in [3.63, 3.8) is 0 Å². The van der Waals surface area contributed by atoms with E-state index in [2.05, 4.69) is 24.0 Å². The number of carbonyl (C=O) groups excluding carboxylic acids is 1. The van der Waals surface area contributed by atoms with Crippen molar-refractivity contribution in [1.29, 1.82) is 0 Å². The van der Waals surface area contributed by atoms with Crippen LogP contribution in [0.1, 0.15) is 29.3 Å². The number of fused-ring (bicyclic) bond motifs is 1. The molecular weight excluding hydrogens is 402 g/mol. The van der Waals surface area contributed by atoms with Crippen molar-refractivity contribution in [1.82, 2.24) is 9.97 Å². The third kappa shape index (κ3) is 4.06. The van der Waals surface area contributed by atoms with E-state index in [1.54, 1.807) is 11.8 Å². The van der Waals surface area contributed by atoms with Crippen molar-refractivity contribution in [3.05, 3.63) is 64.2 Å². The number of benzene rings is 2. The van der Waals surface area contributed by atoms with Crippen LogP contribution in [0.5, 0.6) is 0 Å². The Kier molecular flexibility index (Phi) is 5.43. The van der Waals surface area contributed by atoms with Crippen LogP contribution in [0.3, 0.4) is 0 Å². The van der Waals surface area contributed by atoms with Crippen LogP contribution in [-0.2, 0) is 10.5 Å². The molecule has 0 aliphatic heterocycles. The number of hydrogen-bond donors (Lipinski definition) is 0. The van der Waals surface area contributed by atoms with E-state index in [1.165, 1.54) is 28.7 Å². The van der Waals surface area contributed by atoms with Crippen LogP contribution in [0.15, 0.2) is 51.4 Å². The minimum absolute atomic E-state index is 0.0486. The van der Waals surface area contributed by atoms with Gasteiger partial charge >= 0.3 is 0 Å². The summed E-state index contributed by atoms with van der Waals surface area (Å²) in [5.41, 5.74) is 6.75. The quantitative estimate of drug-likeness (QED) is 0.358. The van der Waals surface area contributed by atoms with E-state index in [-0.39, 0.29) is 5.91 Å². The molecule has 0 unspecified atom stereocenters. The standard InChI is InChI=1S/C22H21N3O2S2/c1-13-9-14(2)20(15(3)10-13)25(16(4)26)21-23-17(11-28-21)12-29-22-24-18-7-5-6-8-19(18)27-22/h5-11H,12H2,1-4H3. The summed E-state index contributed by atoms with van der Waals surface area (Å²) in [6.07, 6.45) is 0. The number of thioether (sulfide) groups is 1. The highest BCUT2D eigenvalue weighted by molar-refractivity contribution is 7.98. The Bertz CT molecular complexity index is 1140. The molecule has 1 amide bonds. The van der Waals surface area contributed by atoms with Crippen molar-refractivity contribution < 1.29 is 9.21 Å². The van der Waals surface area contributed by atoms with Crippen LogP contribution < -0.4 is 4.90 Å². The number of carbonyl (C=O) groups is 1. The molecule has 4 aromatic rings. The number of hydrogen-bond acceptors (Lipinski definition) is 6. The average Bonchev–Trinajstić information content (AvgIpc) is 3.28. The minimum atomic E-state index is -0.0486. The van der Waals surface area contributed by atoms with E-state index in [9.17, 15) is 4.79 Å². The van der Waals surface area contributed by atoms with Gasteiger partial charge in [-0.3, -0.25) is 9.69 Å². The summed E-state index contributed by atoms with van der Waals surface area (Å²) in [7, 11) is 0. The number of amides is 1. The van der Waals surface area contributed by atoms with Crippen LogP contribution in [0.2, 0.25) is 0 Å². The molecule has 29 heavy (non-hydrogen) atoms. The summed E-state index contributed by atoms with van der Waals surface area (Å²) in [4.78, 5) is 23.4. The summed E-state index contributed by atoms with van der Waals surface area (Å²) >= 11 is 2.97. The number of aryl methyl sites for hydroxylation is 3. The molecule has 2 aromatic carbocycles. The zero-order valence-electron chi connectivity index (χ0n) is 16.7. The fourth-order valence-corrected chi connectivity index (χ4v) is 5.14. The van der Waals surface area contributed by atoms with E-state index < -0.39 is 0 Å². The van der Waals surface area contributed by atoms with E-state index in [4.69, 9.17) is 9.40 Å². The molecule has 0 atom stereocenters. The Morgan fingerprint density at radius 2 is 1.86 bits per heavy atom. The predicted molar refractivity (Wildman–Crippen MR) is 119 cm³/mol. The molecule has 0 saturated heterocycles. The molecule has 2 aromatic heterocycles. The fraction of sp³-hybridized carbons (Fsp3) is 0.227. The molecule has 2 heterocycles. The van der Waals surface area contributed by atoms with Gasteiger partial charge in [-0.2, -0.15) is 0 Å². The minimum Gasteiger partial charge on any atom is -0.431 e. The zero-order valence-corrected chi connectivity index (χ0v) is 18.4. The lowest BCUT2D eigenvalue weighted by atomic mass is 10.0. The van der Waals surface area contributed by atoms with Gasteiger partial charge in [-0.15, -0.1) is 11.3 Å². The third-order valence-corrected chi connectivity index (χ3v) is 6.26. The molecule has 0 saturated carbocycles. The maximum Gasteiger partial charge on any atom is 0.257 e. The Labute approximate surface area is 177 Å². The summed E-state index contributed by atoms with van der Waals surface area (Å²) < 4.78 is 5.76. The summed E-state index contributed by atoms with van der Waals surface area (Å²) in [5, 5.41) is 3.29. The van der Waals surface area contributed by atoms with Crippen LogP contribution in [0.4, 0.5) is 10.8 Å². The number of thiazole rings is 1. The molecular formula is C22H21N3O2S2. The van der Waals surface area contributed by atoms with Gasteiger partial charge in [0.15, 0.2) is 10.7 Å². The smallest absolute Gasteiger partial charge is 0.257 e. The second kappa shape index (κ2) is 8.00. The number of nitrogens with zero attached hydrogens (tertiary/aromatic N) is 3. The molecule has 0 aliphatic carbocycles. The largest absolute Gasteiger partial charge is 0.431 e. The van der Waals surface area contributed by atoms with Crippen LogP contribution in [-0.4, -0.2) is 15.9 Å². The SMILES string of the molecule is CC(=O)N(c1nc(CSc2nc3ccccc3o2)cs1)c1c(C)cc(C)cc1C. The lowest BCUT2D eigenvalue weighted by molar-refractivity contribution is -0.115. The van der Waals surface area contributed by atoms with Crippen molar-refractivity contribution in [2.75, 3.05) is 4.90 Å². The van der Waals surface area contributed by atoms with Crippen molar-refractivity contribution in [2.45, 2.75) is 38.7 Å². The monoisotopic (exact) mass is 423 g/mol. The molecule has 0 bridgehead atoms. The van der Waals surface area contributed by atoms with Gasteiger partial charge in [-0.1, -0.05) is 41.6 Å². The first-order valence-electron chi connectivity index (χ1n) is 9.23. The van der Waals surface area contributed by atoms with Crippen LogP contribution >= 0.6 is 23.1 Å². The maximum atomic E-state index is 12.5. The molecule has 7 heteroatoms. The van der Waals surface area contributed by atoms with Crippen LogP contribution in [0, 0.1) is 20.8 Å². The average molecular weight is 424 g/mol. The van der Waals surface area contributed by atoms with E-state index >= 15 is 0 Å². The molecule has 0 N–H and O–H groups in total. The van der Waals surface area contributed by atoms with Gasteiger partial charge in [0.1, 0.15) is 5.52 Å². The van der Waals surface area contributed by atoms with Crippen molar-refractivity contribution >= 4 is 50.9 Å². The predicted octanol–water partition coefficient (Wildman–Crippen LogP) is 6.19. The van der Waals surface area contributed by atoms with Gasteiger partial charge < -0.3 is 4.42 Å². The lowest BCUT2D eigenvalue weighted by Crippen LogP contribution is -2.24. The summed E-state index contributed by atoms with van der Waals surface area (Å²) in [5.74, 6) is 0.577. The highest BCUT2D eigenvalue weighted by Crippen LogP contribution is 2.35. The van der Waals surface area contributed by atoms with Gasteiger partial charge in [-0.25, -0.2) is 9.97 Å². The highest BCUT2D eigenvalue weighted by Gasteiger charge is 2.22. The van der Waals surface area contributed by atoms with Gasteiger partial charge in [0.25, 0.3) is 5.22 Å². The van der Waals surface area contributed by atoms with Gasteiger partial charge in [0.05, 0.1) is 11.4 Å². The zero-order chi connectivity index (χ0) is 20.5. The Hall–Kier alpha value is -2.64. The maximum absolute atomic E-state index is 12.5. The molecule has 5 nitrogen and oxygen atoms in total. The molecule has 4 rings (SSSR count). The molecule has 148 valence electrons. The van der Waals surface area contributed by atoms with Gasteiger partial charge in [-0.05, 0) is 44.0 Å². The van der Waals surface area contributed by atoms with Crippen molar-refractivity contribution in [3.8, 4) is 0 Å². The number of oxazole rings is 1. The van der Waals surface area contributed by atoms with E-state index in [1.807, 2.05) is 43.5 Å². The molecule has 0 spiro atoms. The summed E-state index contributed by atoms with van der Waals surface area (Å²) in [6.45, 7) is 7.70. The van der Waals surface area contributed by atoms with E-state index in [0.29, 0.717) is 16.1 Å². The summed E-state index contributed by atoms with van der Waals surface area (Å²) in [6, 6.07) is 11.9. The first kappa shape index (κ1) is 19.7.